The van der Waals surface area contributed by atoms with Crippen LogP contribution in [0.15, 0.2) is 42.7 Å². The first-order valence-corrected chi connectivity index (χ1v) is 11.7. The fourth-order valence-electron chi connectivity index (χ4n) is 5.13. The summed E-state index contributed by atoms with van der Waals surface area (Å²) in [5.74, 6) is -0.00301. The molecule has 2 amide bonds. The van der Waals surface area contributed by atoms with Crippen LogP contribution in [0.4, 0.5) is 33.9 Å². The summed E-state index contributed by atoms with van der Waals surface area (Å²) in [6.45, 7) is 2.75. The van der Waals surface area contributed by atoms with E-state index in [2.05, 4.69) is 10.1 Å². The van der Waals surface area contributed by atoms with Crippen molar-refractivity contribution >= 4 is 17.5 Å². The molecule has 5 rings (SSSR count). The number of alkyl halides is 3. The summed E-state index contributed by atoms with van der Waals surface area (Å²) in [5.41, 5.74) is 0.715. The van der Waals surface area contributed by atoms with Gasteiger partial charge in [-0.15, -0.1) is 0 Å². The van der Waals surface area contributed by atoms with E-state index < -0.39 is 30.0 Å². The molecule has 0 unspecified atom stereocenters. The summed E-state index contributed by atoms with van der Waals surface area (Å²) in [6.07, 6.45) is -2.09. The highest BCUT2D eigenvalue weighted by atomic mass is 19.4. The van der Waals surface area contributed by atoms with Crippen LogP contribution in [0.5, 0.6) is 0 Å². The number of piperidine rings is 1. The summed E-state index contributed by atoms with van der Waals surface area (Å²) in [5, 5.41) is 4.33. The van der Waals surface area contributed by atoms with E-state index in [-0.39, 0.29) is 30.4 Å². The van der Waals surface area contributed by atoms with Crippen molar-refractivity contribution in [1.82, 2.24) is 19.7 Å². The summed E-state index contributed by atoms with van der Waals surface area (Å²) >= 11 is 0. The van der Waals surface area contributed by atoms with Crippen LogP contribution in [0.2, 0.25) is 0 Å². The molecule has 1 saturated heterocycles. The molecule has 7 nitrogen and oxygen atoms in total. The molecular formula is C25H26F4N6O. The molecular weight excluding hydrogens is 476 g/mol. The first-order chi connectivity index (χ1) is 17.5. The number of carbonyl (C=O) groups excluding carboxylic acids is 1. The Morgan fingerprint density at radius 1 is 1.17 bits per heavy atom. The van der Waals surface area contributed by atoms with Crippen LogP contribution in [-0.4, -0.2) is 44.8 Å². The number of carbonyl (C=O) groups is 1. The molecule has 4 heterocycles. The van der Waals surface area contributed by atoms with Crippen LogP contribution in [0.25, 0.3) is 0 Å². The number of aryl methyl sites for hydroxylation is 2. The topological polar surface area (TPSA) is 57.5 Å². The Labute approximate surface area is 207 Å². The monoisotopic (exact) mass is 503 g/mol. The standard InChI is InChI=1S/C25H26F4N6O/c1-16-5-3-7-20(26)22(16)33-11-8-18(9-12-33)34-14-17-13-32(2)31-23(17)35(24(34)36)15-21-19(25(27,28)29)6-4-10-30-21/h3-7,10,13,18H,8-9,11-12,14-15H2,1-2H3/i10D. The lowest BCUT2D eigenvalue weighted by molar-refractivity contribution is -0.138. The number of halogens is 4. The van der Waals surface area contributed by atoms with Crippen molar-refractivity contribution in [2.75, 3.05) is 22.9 Å². The number of benzene rings is 1. The molecule has 2 aromatic heterocycles. The number of anilines is 2. The number of nitrogens with zero attached hydrogens (tertiary/aromatic N) is 6. The van der Waals surface area contributed by atoms with E-state index in [1.807, 2.05) is 17.9 Å². The first-order valence-electron chi connectivity index (χ1n) is 12.2. The number of amides is 2. The van der Waals surface area contributed by atoms with Crippen molar-refractivity contribution in [3.05, 3.63) is 70.9 Å². The highest BCUT2D eigenvalue weighted by Crippen LogP contribution is 2.36. The second-order valence-corrected chi connectivity index (χ2v) is 9.20. The maximum atomic E-state index is 14.5. The molecule has 3 aromatic rings. The van der Waals surface area contributed by atoms with Crippen LogP contribution in [0.3, 0.4) is 0 Å². The van der Waals surface area contributed by atoms with Crippen molar-refractivity contribution in [2.45, 2.75) is 45.1 Å². The zero-order chi connectivity index (χ0) is 26.5. The maximum Gasteiger partial charge on any atom is 0.418 e. The van der Waals surface area contributed by atoms with E-state index in [0.29, 0.717) is 37.2 Å². The molecule has 0 N–H and O–H groups in total. The molecule has 0 atom stereocenters. The number of hydrogen-bond acceptors (Lipinski definition) is 4. The van der Waals surface area contributed by atoms with Crippen molar-refractivity contribution < 1.29 is 23.7 Å². The van der Waals surface area contributed by atoms with Gasteiger partial charge in [-0.1, -0.05) is 12.1 Å². The van der Waals surface area contributed by atoms with Gasteiger partial charge in [-0.3, -0.25) is 14.6 Å². The molecule has 0 radical (unpaired) electrons. The average Bonchev–Trinajstić information content (AvgIpc) is 3.20. The van der Waals surface area contributed by atoms with Gasteiger partial charge in [0.15, 0.2) is 5.82 Å². The summed E-state index contributed by atoms with van der Waals surface area (Å²) in [7, 11) is 1.68. The van der Waals surface area contributed by atoms with Gasteiger partial charge >= 0.3 is 12.2 Å². The Morgan fingerprint density at radius 3 is 2.61 bits per heavy atom. The van der Waals surface area contributed by atoms with Gasteiger partial charge < -0.3 is 9.80 Å². The van der Waals surface area contributed by atoms with E-state index in [4.69, 9.17) is 1.37 Å². The minimum absolute atomic E-state index is 0.177. The van der Waals surface area contributed by atoms with Gasteiger partial charge in [0, 0.05) is 44.1 Å². The molecule has 11 heteroatoms. The lowest BCUT2D eigenvalue weighted by atomic mass is 10.00. The lowest BCUT2D eigenvalue weighted by Crippen LogP contribution is -2.54. The average molecular weight is 504 g/mol. The van der Waals surface area contributed by atoms with E-state index in [1.165, 1.54) is 15.6 Å². The number of pyridine rings is 1. The van der Waals surface area contributed by atoms with Crippen LogP contribution in [0, 0.1) is 12.7 Å². The molecule has 0 aliphatic carbocycles. The number of rotatable bonds is 4. The maximum absolute atomic E-state index is 14.5. The van der Waals surface area contributed by atoms with Gasteiger partial charge in [0.2, 0.25) is 0 Å². The van der Waals surface area contributed by atoms with Gasteiger partial charge in [0.25, 0.3) is 0 Å². The molecule has 1 aromatic carbocycles. The van der Waals surface area contributed by atoms with Crippen molar-refractivity contribution in [2.24, 2.45) is 7.05 Å². The van der Waals surface area contributed by atoms with Crippen LogP contribution in [-0.2, 0) is 26.3 Å². The number of hydrogen-bond donors (Lipinski definition) is 0. The second kappa shape index (κ2) is 9.11. The van der Waals surface area contributed by atoms with Gasteiger partial charge in [0.05, 0.1) is 31.4 Å². The summed E-state index contributed by atoms with van der Waals surface area (Å²) < 4.78 is 64.8. The minimum Gasteiger partial charge on any atom is -0.369 e. The number of fused-ring (bicyclic) bond motifs is 1. The van der Waals surface area contributed by atoms with E-state index >= 15 is 0 Å². The summed E-state index contributed by atoms with van der Waals surface area (Å²) in [4.78, 5) is 22.3. The quantitative estimate of drug-likeness (QED) is 0.476. The largest absolute Gasteiger partial charge is 0.418 e. The normalized spacial score (nSPS) is 17.4. The molecule has 2 aliphatic rings. The van der Waals surface area contributed by atoms with Crippen LogP contribution in [0.1, 0.15) is 36.6 Å². The van der Waals surface area contributed by atoms with E-state index in [0.717, 1.165) is 17.7 Å². The Hall–Kier alpha value is -3.63. The Balaban J connectivity index is 1.41. The molecule has 0 saturated carbocycles. The highest BCUT2D eigenvalue weighted by molar-refractivity contribution is 5.93. The highest BCUT2D eigenvalue weighted by Gasteiger charge is 2.40. The minimum atomic E-state index is -4.68. The Bertz CT molecular complexity index is 1310. The van der Waals surface area contributed by atoms with Gasteiger partial charge in [0.1, 0.15) is 5.82 Å². The van der Waals surface area contributed by atoms with Gasteiger partial charge in [-0.25, -0.2) is 9.18 Å². The van der Waals surface area contributed by atoms with Crippen LogP contribution < -0.4 is 9.80 Å². The van der Waals surface area contributed by atoms with Gasteiger partial charge in [-0.2, -0.15) is 18.3 Å². The lowest BCUT2D eigenvalue weighted by Gasteiger charge is -2.43. The van der Waals surface area contributed by atoms with Crippen molar-refractivity contribution in [1.29, 1.82) is 0 Å². The van der Waals surface area contributed by atoms with Gasteiger partial charge in [-0.05, 0) is 43.5 Å². The molecule has 190 valence electrons. The predicted molar refractivity (Wildman–Crippen MR) is 126 cm³/mol. The fraction of sp³-hybridized carbons (Fsp3) is 0.400. The first kappa shape index (κ1) is 22.8. The summed E-state index contributed by atoms with van der Waals surface area (Å²) in [6, 6.07) is 6.11. The smallest absolute Gasteiger partial charge is 0.369 e. The third-order valence-electron chi connectivity index (χ3n) is 6.81. The van der Waals surface area contributed by atoms with Crippen molar-refractivity contribution in [3.63, 3.8) is 0 Å². The molecule has 0 bridgehead atoms. The van der Waals surface area contributed by atoms with Crippen molar-refractivity contribution in [3.8, 4) is 0 Å². The third-order valence-corrected chi connectivity index (χ3v) is 6.81. The Morgan fingerprint density at radius 2 is 1.92 bits per heavy atom. The zero-order valence-electron chi connectivity index (χ0n) is 20.9. The molecule has 1 fully saturated rings. The second-order valence-electron chi connectivity index (χ2n) is 9.20. The van der Waals surface area contributed by atoms with E-state index in [1.54, 1.807) is 24.2 Å². The van der Waals surface area contributed by atoms with E-state index in [9.17, 15) is 22.4 Å². The zero-order valence-corrected chi connectivity index (χ0v) is 19.9. The number of para-hydroxylation sites is 1. The fourth-order valence-corrected chi connectivity index (χ4v) is 5.13. The Kier molecular flexibility index (Phi) is 5.77. The predicted octanol–water partition coefficient (Wildman–Crippen LogP) is 4.89. The molecule has 2 aliphatic heterocycles. The number of aromatic nitrogens is 3. The SMILES string of the molecule is [2H]c1ccc(C(F)(F)F)c(CN2C(=O)N(C3CCN(c4c(C)cccc4F)CC3)Cc3cn(C)nc32)n1. The molecule has 36 heavy (non-hydrogen) atoms. The third kappa shape index (κ3) is 4.38. The van der Waals surface area contributed by atoms with Crippen LogP contribution >= 0.6 is 0 Å². The molecule has 0 spiro atoms. The number of urea groups is 1.